The third-order valence-corrected chi connectivity index (χ3v) is 3.54. The second kappa shape index (κ2) is 5.85. The minimum atomic E-state index is -0.501. The smallest absolute Gasteiger partial charge is 0.293 e. The van der Waals surface area contributed by atoms with Gasteiger partial charge in [-0.15, -0.1) is 0 Å². The van der Waals surface area contributed by atoms with Crippen LogP contribution in [0.1, 0.15) is 5.56 Å². The number of hydrogen-bond donors (Lipinski definition) is 1. The third kappa shape index (κ3) is 2.86. The van der Waals surface area contributed by atoms with E-state index in [0.717, 1.165) is 16.7 Å². The van der Waals surface area contributed by atoms with Gasteiger partial charge in [0.25, 0.3) is 16.8 Å². The van der Waals surface area contributed by atoms with Crippen LogP contribution >= 0.6 is 11.8 Å². The van der Waals surface area contributed by atoms with Crippen LogP contribution in [0.4, 0.5) is 10.5 Å². The molecule has 0 bridgehead atoms. The fraction of sp³-hybridized carbons (Fsp3) is 0.167. The fourth-order valence-corrected chi connectivity index (χ4v) is 2.53. The Morgan fingerprint density at radius 1 is 1.30 bits per heavy atom. The molecule has 2 rings (SSSR count). The van der Waals surface area contributed by atoms with Gasteiger partial charge in [0.05, 0.1) is 9.83 Å². The highest BCUT2D eigenvalue weighted by Gasteiger charge is 2.34. The van der Waals surface area contributed by atoms with E-state index < -0.39 is 4.92 Å². The zero-order valence-electron chi connectivity index (χ0n) is 10.3. The summed E-state index contributed by atoms with van der Waals surface area (Å²) in [6.45, 7) is 0.394. The summed E-state index contributed by atoms with van der Waals surface area (Å²) in [4.78, 5) is 34.9. The first-order valence-corrected chi connectivity index (χ1v) is 6.54. The molecule has 0 spiro atoms. The van der Waals surface area contributed by atoms with Crippen molar-refractivity contribution in [2.45, 2.75) is 0 Å². The fourth-order valence-electron chi connectivity index (χ4n) is 1.67. The lowest BCUT2D eigenvalue weighted by Gasteiger charge is -2.09. The molecule has 7 nitrogen and oxygen atoms in total. The average Bonchev–Trinajstić information content (AvgIpc) is 2.67. The maximum atomic E-state index is 11.9. The number of imide groups is 1. The summed E-state index contributed by atoms with van der Waals surface area (Å²) in [5.41, 5.74) is 5.93. The molecular weight excluding hydrogens is 282 g/mol. The number of hydrogen-bond acceptors (Lipinski definition) is 6. The summed E-state index contributed by atoms with van der Waals surface area (Å²) in [7, 11) is 0. The predicted molar refractivity (Wildman–Crippen MR) is 74.8 cm³/mol. The highest BCUT2D eigenvalue weighted by molar-refractivity contribution is 8.18. The van der Waals surface area contributed by atoms with E-state index in [1.54, 1.807) is 0 Å². The third-order valence-electron chi connectivity index (χ3n) is 2.63. The number of benzene rings is 1. The van der Waals surface area contributed by atoms with E-state index in [1.165, 1.54) is 30.3 Å². The van der Waals surface area contributed by atoms with E-state index in [2.05, 4.69) is 0 Å². The van der Waals surface area contributed by atoms with Gasteiger partial charge >= 0.3 is 0 Å². The number of carbonyl (C=O) groups excluding carboxylic acids is 2. The molecule has 2 amide bonds. The van der Waals surface area contributed by atoms with Crippen molar-refractivity contribution < 1.29 is 14.5 Å². The SMILES string of the molecule is NCCN1C(=O)S/C(=C\c2ccc([N+](=O)[O-])cc2)C1=O. The van der Waals surface area contributed by atoms with E-state index in [-0.39, 0.29) is 34.8 Å². The second-order valence-corrected chi connectivity index (χ2v) is 4.96. The van der Waals surface area contributed by atoms with Gasteiger partial charge in [0, 0.05) is 25.2 Å². The molecule has 1 aromatic rings. The molecule has 8 heteroatoms. The van der Waals surface area contributed by atoms with Crippen LogP contribution in [0.5, 0.6) is 0 Å². The quantitative estimate of drug-likeness (QED) is 0.513. The maximum absolute atomic E-state index is 11.9. The van der Waals surface area contributed by atoms with Gasteiger partial charge in [0.1, 0.15) is 0 Å². The van der Waals surface area contributed by atoms with Crippen LogP contribution in [0.2, 0.25) is 0 Å². The lowest BCUT2D eigenvalue weighted by Crippen LogP contribution is -2.33. The second-order valence-electron chi connectivity index (χ2n) is 3.97. The lowest BCUT2D eigenvalue weighted by molar-refractivity contribution is -0.384. The minimum absolute atomic E-state index is 0.0293. The Kier molecular flexibility index (Phi) is 4.16. The van der Waals surface area contributed by atoms with Gasteiger partial charge in [0.2, 0.25) is 0 Å². The Morgan fingerprint density at radius 3 is 2.50 bits per heavy atom. The molecule has 1 heterocycles. The van der Waals surface area contributed by atoms with Crippen LogP contribution in [0.25, 0.3) is 6.08 Å². The molecule has 1 aromatic carbocycles. The van der Waals surface area contributed by atoms with Crippen LogP contribution in [-0.4, -0.2) is 34.1 Å². The van der Waals surface area contributed by atoms with Crippen molar-refractivity contribution in [1.82, 2.24) is 4.90 Å². The topological polar surface area (TPSA) is 107 Å². The molecule has 0 aliphatic carbocycles. The molecule has 20 heavy (non-hydrogen) atoms. The minimum Gasteiger partial charge on any atom is -0.329 e. The lowest BCUT2D eigenvalue weighted by atomic mass is 10.2. The van der Waals surface area contributed by atoms with Gasteiger partial charge < -0.3 is 5.73 Å². The van der Waals surface area contributed by atoms with Gasteiger partial charge in [-0.3, -0.25) is 24.6 Å². The standard InChI is InChI=1S/C12H11N3O4S/c13-5-6-14-11(16)10(20-12(14)17)7-8-1-3-9(4-2-8)15(18)19/h1-4,7H,5-6,13H2/b10-7-. The Bertz CT molecular complexity index is 597. The molecule has 0 radical (unpaired) electrons. The van der Waals surface area contributed by atoms with E-state index in [0.29, 0.717) is 5.56 Å². The number of nitrogens with zero attached hydrogens (tertiary/aromatic N) is 2. The normalized spacial score (nSPS) is 17.1. The average molecular weight is 293 g/mol. The van der Waals surface area contributed by atoms with Crippen LogP contribution in [0.15, 0.2) is 29.2 Å². The van der Waals surface area contributed by atoms with Crippen molar-refractivity contribution in [2.24, 2.45) is 5.73 Å². The van der Waals surface area contributed by atoms with Gasteiger partial charge in [-0.2, -0.15) is 0 Å². The molecule has 2 N–H and O–H groups in total. The summed E-state index contributed by atoms with van der Waals surface area (Å²) in [6.07, 6.45) is 1.53. The molecule has 0 atom stereocenters. The first kappa shape index (κ1) is 14.2. The molecule has 1 fully saturated rings. The summed E-state index contributed by atoms with van der Waals surface area (Å²) in [6, 6.07) is 5.73. The van der Waals surface area contributed by atoms with Crippen LogP contribution < -0.4 is 5.73 Å². The number of nitro benzene ring substituents is 1. The van der Waals surface area contributed by atoms with Crippen molar-refractivity contribution in [3.8, 4) is 0 Å². The summed E-state index contributed by atoms with van der Waals surface area (Å²) in [5, 5.41) is 10.2. The zero-order valence-corrected chi connectivity index (χ0v) is 11.1. The highest BCUT2D eigenvalue weighted by Crippen LogP contribution is 2.32. The number of amides is 2. The van der Waals surface area contributed by atoms with Crippen LogP contribution in [0, 0.1) is 10.1 Å². The number of thioether (sulfide) groups is 1. The number of rotatable bonds is 4. The summed E-state index contributed by atoms with van der Waals surface area (Å²) >= 11 is 0.836. The van der Waals surface area contributed by atoms with Gasteiger partial charge in [0.15, 0.2) is 0 Å². The molecular formula is C12H11N3O4S. The van der Waals surface area contributed by atoms with Crippen molar-refractivity contribution in [3.05, 3.63) is 44.8 Å². The Labute approximate surface area is 118 Å². The van der Waals surface area contributed by atoms with Gasteiger partial charge in [-0.1, -0.05) is 0 Å². The number of nitrogens with two attached hydrogens (primary N) is 1. The van der Waals surface area contributed by atoms with E-state index >= 15 is 0 Å². The van der Waals surface area contributed by atoms with E-state index in [4.69, 9.17) is 5.73 Å². The van der Waals surface area contributed by atoms with Gasteiger partial charge in [-0.05, 0) is 35.5 Å². The zero-order chi connectivity index (χ0) is 14.7. The molecule has 1 aliphatic rings. The van der Waals surface area contributed by atoms with Crippen LogP contribution in [-0.2, 0) is 4.79 Å². The largest absolute Gasteiger partial charge is 0.329 e. The Hall–Kier alpha value is -2.19. The molecule has 1 saturated heterocycles. The summed E-state index contributed by atoms with van der Waals surface area (Å²) in [5.74, 6) is -0.385. The number of carbonyl (C=O) groups is 2. The van der Waals surface area contributed by atoms with Crippen molar-refractivity contribution in [1.29, 1.82) is 0 Å². The maximum Gasteiger partial charge on any atom is 0.293 e. The first-order valence-electron chi connectivity index (χ1n) is 5.73. The Balaban J connectivity index is 2.21. The van der Waals surface area contributed by atoms with Gasteiger partial charge in [-0.25, -0.2) is 0 Å². The summed E-state index contributed by atoms with van der Waals surface area (Å²) < 4.78 is 0. The molecule has 0 unspecified atom stereocenters. The monoisotopic (exact) mass is 293 g/mol. The van der Waals surface area contributed by atoms with E-state index in [1.807, 2.05) is 0 Å². The highest BCUT2D eigenvalue weighted by atomic mass is 32.2. The number of non-ortho nitro benzene ring substituents is 1. The molecule has 1 aliphatic heterocycles. The first-order chi connectivity index (χ1) is 9.52. The van der Waals surface area contributed by atoms with Crippen molar-refractivity contribution in [2.75, 3.05) is 13.1 Å². The Morgan fingerprint density at radius 2 is 1.95 bits per heavy atom. The van der Waals surface area contributed by atoms with Crippen molar-refractivity contribution in [3.63, 3.8) is 0 Å². The molecule has 0 saturated carbocycles. The van der Waals surface area contributed by atoms with Crippen LogP contribution in [0.3, 0.4) is 0 Å². The van der Waals surface area contributed by atoms with Crippen molar-refractivity contribution >= 4 is 34.7 Å². The number of nitro groups is 1. The predicted octanol–water partition coefficient (Wildman–Crippen LogP) is 1.59. The molecule has 104 valence electrons. The van der Waals surface area contributed by atoms with E-state index in [9.17, 15) is 19.7 Å². The molecule has 0 aromatic heterocycles.